The Hall–Kier alpha value is -2.37. The second kappa shape index (κ2) is 6.39. The molecule has 1 unspecified atom stereocenters. The van der Waals surface area contributed by atoms with Gasteiger partial charge in [-0.1, -0.05) is 18.2 Å². The predicted octanol–water partition coefficient (Wildman–Crippen LogP) is 0.834. The van der Waals surface area contributed by atoms with Gasteiger partial charge in [-0.15, -0.1) is 0 Å². The number of carboxylic acids is 1. The summed E-state index contributed by atoms with van der Waals surface area (Å²) in [5.41, 5.74) is 0.464. The fraction of sp³-hybridized carbons (Fsp3) is 0.400. The van der Waals surface area contributed by atoms with Crippen molar-refractivity contribution >= 4 is 17.8 Å². The summed E-state index contributed by atoms with van der Waals surface area (Å²) in [4.78, 5) is 38.8. The largest absolute Gasteiger partial charge is 0.481 e. The lowest BCUT2D eigenvalue weighted by molar-refractivity contribution is -0.147. The van der Waals surface area contributed by atoms with Crippen molar-refractivity contribution in [2.24, 2.45) is 0 Å². The van der Waals surface area contributed by atoms with E-state index in [-0.39, 0.29) is 18.2 Å². The van der Waals surface area contributed by atoms with Crippen molar-refractivity contribution in [2.75, 3.05) is 19.6 Å². The number of carboxylic acid groups (broad SMARTS) is 1. The van der Waals surface area contributed by atoms with Crippen LogP contribution in [0, 0.1) is 0 Å². The van der Waals surface area contributed by atoms with Crippen LogP contribution in [0.25, 0.3) is 0 Å². The summed E-state index contributed by atoms with van der Waals surface area (Å²) >= 11 is 0. The van der Waals surface area contributed by atoms with Gasteiger partial charge in [0.1, 0.15) is 6.04 Å². The summed E-state index contributed by atoms with van der Waals surface area (Å²) in [5, 5.41) is 9.00. The smallest absolute Gasteiger partial charge is 0.305 e. The second-order valence-corrected chi connectivity index (χ2v) is 4.90. The first-order chi connectivity index (χ1) is 10.0. The number of rotatable bonds is 4. The minimum Gasteiger partial charge on any atom is -0.481 e. The monoisotopic (exact) mass is 290 g/mol. The van der Waals surface area contributed by atoms with Crippen LogP contribution in [0.5, 0.6) is 0 Å². The van der Waals surface area contributed by atoms with Crippen molar-refractivity contribution < 1.29 is 19.5 Å². The van der Waals surface area contributed by atoms with Gasteiger partial charge in [0.15, 0.2) is 0 Å². The minimum absolute atomic E-state index is 0.296. The Morgan fingerprint density at radius 3 is 2.48 bits per heavy atom. The van der Waals surface area contributed by atoms with Crippen molar-refractivity contribution in [1.82, 2.24) is 9.80 Å². The molecule has 6 nitrogen and oxygen atoms in total. The van der Waals surface area contributed by atoms with Gasteiger partial charge in [0.05, 0.1) is 6.42 Å². The van der Waals surface area contributed by atoms with Crippen LogP contribution < -0.4 is 0 Å². The number of hydrogen-bond donors (Lipinski definition) is 1. The average molecular weight is 290 g/mol. The highest BCUT2D eigenvalue weighted by Gasteiger charge is 2.38. The lowest BCUT2D eigenvalue weighted by Gasteiger charge is -2.39. The van der Waals surface area contributed by atoms with E-state index in [0.717, 1.165) is 0 Å². The number of hydrogen-bond acceptors (Lipinski definition) is 3. The van der Waals surface area contributed by atoms with E-state index < -0.39 is 12.0 Å². The maximum Gasteiger partial charge on any atom is 0.305 e. The molecule has 6 heteroatoms. The van der Waals surface area contributed by atoms with Crippen molar-refractivity contribution in [3.8, 4) is 0 Å². The standard InChI is InChI=1S/C15H18N2O4/c1-2-16-8-9-17(12(15(16)21)10-13(18)19)14(20)11-6-4-3-5-7-11/h3-7,12H,2,8-10H2,1H3,(H,18,19). The third-order valence-corrected chi connectivity index (χ3v) is 3.62. The van der Waals surface area contributed by atoms with Crippen LogP contribution in [-0.4, -0.2) is 58.4 Å². The zero-order chi connectivity index (χ0) is 15.4. The fourth-order valence-corrected chi connectivity index (χ4v) is 2.51. The molecule has 2 rings (SSSR count). The van der Waals surface area contributed by atoms with Gasteiger partial charge in [-0.3, -0.25) is 14.4 Å². The van der Waals surface area contributed by atoms with E-state index in [2.05, 4.69) is 0 Å². The lowest BCUT2D eigenvalue weighted by atomic mass is 10.1. The van der Waals surface area contributed by atoms with E-state index >= 15 is 0 Å². The van der Waals surface area contributed by atoms with Gasteiger partial charge in [0.2, 0.25) is 5.91 Å². The topological polar surface area (TPSA) is 77.9 Å². The predicted molar refractivity (Wildman–Crippen MR) is 75.8 cm³/mol. The minimum atomic E-state index is -1.09. The number of benzene rings is 1. The molecule has 1 saturated heterocycles. The highest BCUT2D eigenvalue weighted by atomic mass is 16.4. The van der Waals surface area contributed by atoms with E-state index in [1.807, 2.05) is 6.92 Å². The second-order valence-electron chi connectivity index (χ2n) is 4.90. The van der Waals surface area contributed by atoms with Crippen LogP contribution in [0.1, 0.15) is 23.7 Å². The molecule has 0 aliphatic carbocycles. The molecular formula is C15H18N2O4. The Balaban J connectivity index is 2.25. The van der Waals surface area contributed by atoms with Gasteiger partial charge in [0.25, 0.3) is 5.91 Å². The Bertz CT molecular complexity index is 544. The molecule has 0 radical (unpaired) electrons. The van der Waals surface area contributed by atoms with E-state index in [0.29, 0.717) is 25.2 Å². The van der Waals surface area contributed by atoms with Crippen molar-refractivity contribution in [2.45, 2.75) is 19.4 Å². The molecule has 1 aromatic carbocycles. The maximum absolute atomic E-state index is 12.5. The van der Waals surface area contributed by atoms with Crippen LogP contribution >= 0.6 is 0 Å². The molecule has 1 atom stereocenters. The molecule has 1 aliphatic heterocycles. The van der Waals surface area contributed by atoms with Gasteiger partial charge in [0, 0.05) is 25.2 Å². The molecule has 2 amide bonds. The molecule has 21 heavy (non-hydrogen) atoms. The summed E-state index contributed by atoms with van der Waals surface area (Å²) in [5.74, 6) is -1.68. The SMILES string of the molecule is CCN1CCN(C(=O)c2ccccc2)C(CC(=O)O)C1=O. The van der Waals surface area contributed by atoms with Crippen LogP contribution in [-0.2, 0) is 9.59 Å². The van der Waals surface area contributed by atoms with Crippen LogP contribution in [0.4, 0.5) is 0 Å². The van der Waals surface area contributed by atoms with Crippen LogP contribution in [0.2, 0.25) is 0 Å². The van der Waals surface area contributed by atoms with E-state index in [9.17, 15) is 14.4 Å². The third kappa shape index (κ3) is 3.21. The first kappa shape index (κ1) is 15.0. The van der Waals surface area contributed by atoms with Gasteiger partial charge in [-0.2, -0.15) is 0 Å². The summed E-state index contributed by atoms with van der Waals surface area (Å²) in [7, 11) is 0. The van der Waals surface area contributed by atoms with E-state index in [1.165, 1.54) is 4.90 Å². The van der Waals surface area contributed by atoms with Gasteiger partial charge in [-0.05, 0) is 19.1 Å². The zero-order valence-corrected chi connectivity index (χ0v) is 11.9. The number of aliphatic carboxylic acids is 1. The molecule has 0 aromatic heterocycles. The van der Waals surface area contributed by atoms with Crippen molar-refractivity contribution in [1.29, 1.82) is 0 Å². The summed E-state index contributed by atoms with van der Waals surface area (Å²) in [6, 6.07) is 7.68. The van der Waals surface area contributed by atoms with Gasteiger partial charge >= 0.3 is 5.97 Å². The normalized spacial score (nSPS) is 18.7. The molecule has 1 heterocycles. The van der Waals surface area contributed by atoms with E-state index in [4.69, 9.17) is 5.11 Å². The van der Waals surface area contributed by atoms with Gasteiger partial charge in [-0.25, -0.2) is 0 Å². The Labute approximate surface area is 123 Å². The number of nitrogens with zero attached hydrogens (tertiary/aromatic N) is 2. The molecular weight excluding hydrogens is 272 g/mol. The van der Waals surface area contributed by atoms with E-state index in [1.54, 1.807) is 35.2 Å². The molecule has 1 N–H and O–H groups in total. The first-order valence-corrected chi connectivity index (χ1v) is 6.91. The Kier molecular flexibility index (Phi) is 4.57. The Morgan fingerprint density at radius 1 is 1.24 bits per heavy atom. The highest BCUT2D eigenvalue weighted by Crippen LogP contribution is 2.18. The number of likely N-dealkylation sites (N-methyl/N-ethyl adjacent to an activating group) is 1. The number of amides is 2. The first-order valence-electron chi connectivity index (χ1n) is 6.91. The quantitative estimate of drug-likeness (QED) is 0.891. The molecule has 0 spiro atoms. The van der Waals surface area contributed by atoms with Crippen LogP contribution in [0.15, 0.2) is 30.3 Å². The molecule has 1 aromatic rings. The maximum atomic E-state index is 12.5. The number of carbonyl (C=O) groups is 3. The van der Waals surface area contributed by atoms with Gasteiger partial charge < -0.3 is 14.9 Å². The fourth-order valence-electron chi connectivity index (χ4n) is 2.51. The van der Waals surface area contributed by atoms with Crippen molar-refractivity contribution in [3.63, 3.8) is 0 Å². The zero-order valence-electron chi connectivity index (χ0n) is 11.9. The molecule has 0 saturated carbocycles. The Morgan fingerprint density at radius 2 is 1.90 bits per heavy atom. The summed E-state index contributed by atoms with van der Waals surface area (Å²) in [6.07, 6.45) is -0.367. The highest BCUT2D eigenvalue weighted by molar-refractivity contribution is 5.99. The molecule has 0 bridgehead atoms. The van der Waals surface area contributed by atoms with Crippen molar-refractivity contribution in [3.05, 3.63) is 35.9 Å². The molecule has 1 aliphatic rings. The summed E-state index contributed by atoms with van der Waals surface area (Å²) < 4.78 is 0. The lowest BCUT2D eigenvalue weighted by Crippen LogP contribution is -2.59. The van der Waals surface area contributed by atoms with Crippen LogP contribution in [0.3, 0.4) is 0 Å². The number of carbonyl (C=O) groups excluding carboxylic acids is 2. The molecule has 1 fully saturated rings. The number of piperazine rings is 1. The molecule has 112 valence electrons. The average Bonchev–Trinajstić information content (AvgIpc) is 2.49. The summed E-state index contributed by atoms with van der Waals surface area (Å²) in [6.45, 7) is 3.14. The third-order valence-electron chi connectivity index (χ3n) is 3.62.